The number of benzene rings is 1. The average Bonchev–Trinajstić information content (AvgIpc) is 2.84. The summed E-state index contributed by atoms with van der Waals surface area (Å²) in [6.07, 6.45) is 3.92. The van der Waals surface area contributed by atoms with Gasteiger partial charge in [0.1, 0.15) is 0 Å². The minimum absolute atomic E-state index is 0.466. The van der Waals surface area contributed by atoms with Gasteiger partial charge in [-0.25, -0.2) is 0 Å². The topological polar surface area (TPSA) is 29.3 Å². The molecule has 1 aromatic carbocycles. The van der Waals surface area contributed by atoms with Crippen molar-refractivity contribution in [1.82, 2.24) is 4.90 Å². The van der Waals surface area contributed by atoms with Crippen LogP contribution < -0.4 is 5.73 Å². The van der Waals surface area contributed by atoms with Gasteiger partial charge in [0.05, 0.1) is 0 Å². The second-order valence-electron chi connectivity index (χ2n) is 6.65. The van der Waals surface area contributed by atoms with Gasteiger partial charge in [0.25, 0.3) is 0 Å². The van der Waals surface area contributed by atoms with Crippen molar-refractivity contribution in [1.29, 1.82) is 0 Å². The average molecular weight is 274 g/mol. The number of rotatable bonds is 4. The highest BCUT2D eigenvalue weighted by molar-refractivity contribution is 5.39. The number of hydrogen-bond acceptors (Lipinski definition) is 2. The predicted octanol–water partition coefficient (Wildman–Crippen LogP) is 3.73. The molecule has 0 spiro atoms. The number of hydrogen-bond donors (Lipinski definition) is 1. The SMILES string of the molecule is Cc1cc(C)c(C(C)N(C)C2CCCC2CN)c(C)c1. The number of nitrogens with zero attached hydrogens (tertiary/aromatic N) is 1. The van der Waals surface area contributed by atoms with E-state index in [1.165, 1.54) is 41.5 Å². The molecule has 3 atom stereocenters. The zero-order valence-corrected chi connectivity index (χ0v) is 13.7. The summed E-state index contributed by atoms with van der Waals surface area (Å²) in [4.78, 5) is 2.56. The molecule has 0 amide bonds. The van der Waals surface area contributed by atoms with Gasteiger partial charge in [-0.05, 0) is 76.7 Å². The first kappa shape index (κ1) is 15.5. The monoisotopic (exact) mass is 274 g/mol. The second-order valence-corrected chi connectivity index (χ2v) is 6.65. The van der Waals surface area contributed by atoms with Gasteiger partial charge in [0, 0.05) is 12.1 Å². The van der Waals surface area contributed by atoms with Crippen LogP contribution in [0.1, 0.15) is 54.5 Å². The van der Waals surface area contributed by atoms with Gasteiger partial charge in [-0.1, -0.05) is 24.1 Å². The maximum Gasteiger partial charge on any atom is 0.0325 e. The van der Waals surface area contributed by atoms with Crippen molar-refractivity contribution in [2.75, 3.05) is 13.6 Å². The van der Waals surface area contributed by atoms with Crippen molar-refractivity contribution in [3.63, 3.8) is 0 Å². The maximum atomic E-state index is 5.95. The summed E-state index contributed by atoms with van der Waals surface area (Å²) in [7, 11) is 2.28. The van der Waals surface area contributed by atoms with Gasteiger partial charge in [0.2, 0.25) is 0 Å². The third-order valence-corrected chi connectivity index (χ3v) is 5.21. The first-order chi connectivity index (χ1) is 9.45. The lowest BCUT2D eigenvalue weighted by Crippen LogP contribution is -2.39. The van der Waals surface area contributed by atoms with Crippen LogP contribution in [-0.2, 0) is 0 Å². The lowest BCUT2D eigenvalue weighted by atomic mass is 9.92. The molecule has 2 heteroatoms. The molecule has 0 saturated heterocycles. The lowest BCUT2D eigenvalue weighted by Gasteiger charge is -2.35. The molecule has 2 nitrogen and oxygen atoms in total. The highest BCUT2D eigenvalue weighted by Gasteiger charge is 2.32. The molecule has 2 N–H and O–H groups in total. The van der Waals surface area contributed by atoms with Gasteiger partial charge in [-0.15, -0.1) is 0 Å². The fourth-order valence-electron chi connectivity index (χ4n) is 4.17. The molecule has 1 saturated carbocycles. The molecule has 112 valence electrons. The van der Waals surface area contributed by atoms with Crippen LogP contribution in [-0.4, -0.2) is 24.5 Å². The summed E-state index contributed by atoms with van der Waals surface area (Å²) >= 11 is 0. The summed E-state index contributed by atoms with van der Waals surface area (Å²) in [5.41, 5.74) is 11.7. The Hall–Kier alpha value is -0.860. The molecular formula is C18H30N2. The molecular weight excluding hydrogens is 244 g/mol. The van der Waals surface area contributed by atoms with E-state index in [0.717, 1.165) is 6.54 Å². The van der Waals surface area contributed by atoms with Crippen molar-refractivity contribution in [3.8, 4) is 0 Å². The third kappa shape index (κ3) is 2.91. The Labute approximate surface area is 124 Å². The summed E-state index contributed by atoms with van der Waals surface area (Å²) in [5, 5.41) is 0. The molecule has 20 heavy (non-hydrogen) atoms. The van der Waals surface area contributed by atoms with Crippen LogP contribution in [0.2, 0.25) is 0 Å². The first-order valence-corrected chi connectivity index (χ1v) is 7.95. The van der Waals surface area contributed by atoms with Crippen LogP contribution in [0, 0.1) is 26.7 Å². The van der Waals surface area contributed by atoms with Gasteiger partial charge < -0.3 is 5.73 Å². The van der Waals surface area contributed by atoms with Crippen molar-refractivity contribution in [2.24, 2.45) is 11.7 Å². The van der Waals surface area contributed by atoms with Crippen molar-refractivity contribution in [3.05, 3.63) is 34.4 Å². The Kier molecular flexibility index (Phi) is 4.87. The Morgan fingerprint density at radius 3 is 2.35 bits per heavy atom. The van der Waals surface area contributed by atoms with Crippen molar-refractivity contribution >= 4 is 0 Å². The Morgan fingerprint density at radius 1 is 1.20 bits per heavy atom. The highest BCUT2D eigenvalue weighted by atomic mass is 15.2. The van der Waals surface area contributed by atoms with Crippen molar-refractivity contribution < 1.29 is 0 Å². The number of nitrogens with two attached hydrogens (primary N) is 1. The summed E-state index contributed by atoms with van der Waals surface area (Å²) < 4.78 is 0. The number of aryl methyl sites for hydroxylation is 3. The molecule has 0 radical (unpaired) electrons. The van der Waals surface area contributed by atoms with E-state index in [1.807, 2.05) is 0 Å². The predicted molar refractivity (Wildman–Crippen MR) is 87.0 cm³/mol. The largest absolute Gasteiger partial charge is 0.330 e. The van der Waals surface area contributed by atoms with E-state index in [1.54, 1.807) is 0 Å². The zero-order chi connectivity index (χ0) is 14.9. The normalized spacial score (nSPS) is 24.4. The smallest absolute Gasteiger partial charge is 0.0325 e. The van der Waals surface area contributed by atoms with Gasteiger partial charge in [-0.3, -0.25) is 4.90 Å². The molecule has 2 rings (SSSR count). The minimum Gasteiger partial charge on any atom is -0.330 e. The van der Waals surface area contributed by atoms with Crippen LogP contribution in [0.15, 0.2) is 12.1 Å². The van der Waals surface area contributed by atoms with Crippen LogP contribution in [0.4, 0.5) is 0 Å². The maximum absolute atomic E-state index is 5.95. The molecule has 1 aliphatic rings. The highest BCUT2D eigenvalue weighted by Crippen LogP contribution is 2.35. The first-order valence-electron chi connectivity index (χ1n) is 7.95. The van der Waals surface area contributed by atoms with Crippen LogP contribution in [0.5, 0.6) is 0 Å². The van der Waals surface area contributed by atoms with Crippen LogP contribution in [0.25, 0.3) is 0 Å². The fraction of sp³-hybridized carbons (Fsp3) is 0.667. The van der Waals surface area contributed by atoms with E-state index in [0.29, 0.717) is 18.0 Å². The van der Waals surface area contributed by atoms with E-state index in [4.69, 9.17) is 5.73 Å². The molecule has 3 unspecified atom stereocenters. The second kappa shape index (κ2) is 6.28. The molecule has 0 bridgehead atoms. The minimum atomic E-state index is 0.466. The molecule has 0 heterocycles. The van der Waals surface area contributed by atoms with E-state index >= 15 is 0 Å². The van der Waals surface area contributed by atoms with E-state index < -0.39 is 0 Å². The quantitative estimate of drug-likeness (QED) is 0.906. The zero-order valence-electron chi connectivity index (χ0n) is 13.7. The summed E-state index contributed by atoms with van der Waals surface area (Å²) in [6.45, 7) is 9.84. The van der Waals surface area contributed by atoms with E-state index in [2.05, 4.69) is 51.8 Å². The Balaban J connectivity index is 2.25. The summed E-state index contributed by atoms with van der Waals surface area (Å²) in [5.74, 6) is 0.675. The van der Waals surface area contributed by atoms with Crippen LogP contribution in [0.3, 0.4) is 0 Å². The molecule has 0 aromatic heterocycles. The lowest BCUT2D eigenvalue weighted by molar-refractivity contribution is 0.151. The molecule has 1 fully saturated rings. The van der Waals surface area contributed by atoms with Crippen LogP contribution >= 0.6 is 0 Å². The fourth-order valence-corrected chi connectivity index (χ4v) is 4.17. The van der Waals surface area contributed by atoms with Gasteiger partial charge >= 0.3 is 0 Å². The van der Waals surface area contributed by atoms with Gasteiger partial charge in [-0.2, -0.15) is 0 Å². The summed E-state index contributed by atoms with van der Waals surface area (Å²) in [6, 6.07) is 5.73. The third-order valence-electron chi connectivity index (χ3n) is 5.21. The standard InChI is InChI=1S/C18H30N2/c1-12-9-13(2)18(14(3)10-12)15(4)20(5)17-8-6-7-16(17)11-19/h9-10,15-17H,6-8,11,19H2,1-5H3. The molecule has 0 aliphatic heterocycles. The molecule has 1 aromatic rings. The van der Waals surface area contributed by atoms with E-state index in [9.17, 15) is 0 Å². The molecule has 1 aliphatic carbocycles. The Morgan fingerprint density at radius 2 is 1.80 bits per heavy atom. The van der Waals surface area contributed by atoms with Gasteiger partial charge in [0.15, 0.2) is 0 Å². The Bertz CT molecular complexity index is 443. The van der Waals surface area contributed by atoms with E-state index in [-0.39, 0.29) is 0 Å². The van der Waals surface area contributed by atoms with Crippen molar-refractivity contribution in [2.45, 2.75) is 59.0 Å².